The minimum absolute atomic E-state index is 0.0928. The van der Waals surface area contributed by atoms with Crippen LogP contribution in [0.25, 0.3) is 0 Å². The summed E-state index contributed by atoms with van der Waals surface area (Å²) in [4.78, 5) is 31.3. The molecule has 0 radical (unpaired) electrons. The van der Waals surface area contributed by atoms with Gasteiger partial charge in [-0.2, -0.15) is 0 Å². The smallest absolute Gasteiger partial charge is 0.274 e. The maximum Gasteiger partial charge on any atom is 0.274 e. The van der Waals surface area contributed by atoms with Gasteiger partial charge in [-0.15, -0.1) is 11.3 Å². The first-order valence-corrected chi connectivity index (χ1v) is 10.0. The highest BCUT2D eigenvalue weighted by atomic mass is 32.1. The number of amides is 2. The highest BCUT2D eigenvalue weighted by Gasteiger charge is 2.33. The number of nitrogens with zero attached hydrogens (tertiary/aromatic N) is 2. The lowest BCUT2D eigenvalue weighted by Gasteiger charge is -2.34. The van der Waals surface area contributed by atoms with Crippen LogP contribution in [0.2, 0.25) is 0 Å². The molecule has 3 rings (SSSR count). The number of thiazole rings is 1. The first-order valence-electron chi connectivity index (χ1n) is 9.15. The normalized spacial score (nSPS) is 16.8. The van der Waals surface area contributed by atoms with Gasteiger partial charge in [0.15, 0.2) is 5.13 Å². The quantitative estimate of drug-likeness (QED) is 0.791. The summed E-state index contributed by atoms with van der Waals surface area (Å²) in [5.74, 6) is -0.632. The lowest BCUT2D eigenvalue weighted by molar-refractivity contribution is -0.126. The summed E-state index contributed by atoms with van der Waals surface area (Å²) in [6, 6.07) is 5.49. The van der Waals surface area contributed by atoms with Crippen molar-refractivity contribution in [2.24, 2.45) is 0 Å². The number of hydrogen-bond acceptors (Lipinski definition) is 5. The van der Waals surface area contributed by atoms with Gasteiger partial charge in [-0.25, -0.2) is 9.37 Å². The van der Waals surface area contributed by atoms with Gasteiger partial charge in [0.1, 0.15) is 17.6 Å². The number of nitrogens with one attached hydrogen (secondary N) is 2. The van der Waals surface area contributed by atoms with Gasteiger partial charge in [-0.05, 0) is 49.9 Å². The van der Waals surface area contributed by atoms with E-state index in [0.717, 1.165) is 19.3 Å². The largest absolute Gasteiger partial charge is 0.354 e. The van der Waals surface area contributed by atoms with Gasteiger partial charge in [-0.1, -0.05) is 6.92 Å². The molecule has 1 aromatic heterocycles. The third-order valence-corrected chi connectivity index (χ3v) is 5.19. The lowest BCUT2D eigenvalue weighted by Crippen LogP contribution is -2.52. The van der Waals surface area contributed by atoms with Crippen molar-refractivity contribution in [1.82, 2.24) is 15.2 Å². The minimum Gasteiger partial charge on any atom is -0.354 e. The molecule has 1 aliphatic rings. The van der Waals surface area contributed by atoms with E-state index in [4.69, 9.17) is 0 Å². The van der Waals surface area contributed by atoms with Crippen LogP contribution in [0.4, 0.5) is 15.2 Å². The van der Waals surface area contributed by atoms with E-state index in [0.29, 0.717) is 36.0 Å². The van der Waals surface area contributed by atoms with Crippen molar-refractivity contribution in [1.29, 1.82) is 0 Å². The molecule has 6 nitrogen and oxygen atoms in total. The monoisotopic (exact) mass is 390 g/mol. The number of rotatable bonds is 6. The van der Waals surface area contributed by atoms with E-state index >= 15 is 0 Å². The van der Waals surface area contributed by atoms with Crippen LogP contribution in [0.1, 0.15) is 43.1 Å². The van der Waals surface area contributed by atoms with Crippen LogP contribution in [-0.2, 0) is 4.79 Å². The molecule has 0 saturated carbocycles. The molecule has 2 N–H and O–H groups in total. The zero-order valence-electron chi connectivity index (χ0n) is 15.2. The first-order chi connectivity index (χ1) is 13.1. The molecule has 0 spiro atoms. The molecule has 1 saturated heterocycles. The minimum atomic E-state index is -0.437. The van der Waals surface area contributed by atoms with Crippen molar-refractivity contribution < 1.29 is 14.0 Å². The number of anilines is 2. The molecule has 27 heavy (non-hydrogen) atoms. The predicted octanol–water partition coefficient (Wildman–Crippen LogP) is 3.55. The molecule has 8 heteroatoms. The highest BCUT2D eigenvalue weighted by Crippen LogP contribution is 2.24. The third kappa shape index (κ3) is 4.82. The van der Waals surface area contributed by atoms with Gasteiger partial charge >= 0.3 is 0 Å². The summed E-state index contributed by atoms with van der Waals surface area (Å²) < 4.78 is 13.0. The van der Waals surface area contributed by atoms with Crippen LogP contribution in [0.15, 0.2) is 29.6 Å². The number of benzene rings is 1. The summed E-state index contributed by atoms with van der Waals surface area (Å²) in [6.45, 7) is 3.16. The molecule has 1 aliphatic heterocycles. The summed E-state index contributed by atoms with van der Waals surface area (Å²) in [7, 11) is 0. The molecular formula is C19H23FN4O2S. The first kappa shape index (κ1) is 19.3. The highest BCUT2D eigenvalue weighted by molar-refractivity contribution is 7.14. The summed E-state index contributed by atoms with van der Waals surface area (Å²) in [6.07, 6.45) is 3.35. The van der Waals surface area contributed by atoms with E-state index < -0.39 is 6.04 Å². The molecule has 1 unspecified atom stereocenters. The number of halogens is 1. The van der Waals surface area contributed by atoms with Crippen LogP contribution >= 0.6 is 11.3 Å². The van der Waals surface area contributed by atoms with Crippen LogP contribution in [0.5, 0.6) is 0 Å². The second-order valence-corrected chi connectivity index (χ2v) is 7.33. The number of likely N-dealkylation sites (tertiary alicyclic amines) is 1. The molecule has 2 amide bonds. The Morgan fingerprint density at radius 3 is 2.81 bits per heavy atom. The number of hydrogen-bond donors (Lipinski definition) is 2. The summed E-state index contributed by atoms with van der Waals surface area (Å²) in [5, 5.41) is 8.18. The maximum atomic E-state index is 13.0. The second-order valence-electron chi connectivity index (χ2n) is 6.47. The van der Waals surface area contributed by atoms with Crippen LogP contribution in [0, 0.1) is 5.82 Å². The molecule has 0 aliphatic carbocycles. The van der Waals surface area contributed by atoms with Gasteiger partial charge in [0.25, 0.3) is 5.91 Å². The fourth-order valence-electron chi connectivity index (χ4n) is 3.05. The van der Waals surface area contributed by atoms with Gasteiger partial charge in [0.2, 0.25) is 5.91 Å². The SMILES string of the molecule is CCCNC(=O)C1CCCCN1C(=O)c1csc(Nc2ccc(F)cc2)n1. The van der Waals surface area contributed by atoms with Gasteiger partial charge < -0.3 is 15.5 Å². The second kappa shape index (κ2) is 8.94. The predicted molar refractivity (Wildman–Crippen MR) is 104 cm³/mol. The van der Waals surface area contributed by atoms with Crippen LogP contribution in [0.3, 0.4) is 0 Å². The maximum absolute atomic E-state index is 13.0. The van der Waals surface area contributed by atoms with E-state index in [1.165, 1.54) is 23.5 Å². The van der Waals surface area contributed by atoms with Crippen molar-refractivity contribution in [2.75, 3.05) is 18.4 Å². The fraction of sp³-hybridized carbons (Fsp3) is 0.421. The zero-order chi connectivity index (χ0) is 19.2. The van der Waals surface area contributed by atoms with E-state index in [-0.39, 0.29) is 17.6 Å². The summed E-state index contributed by atoms with van der Waals surface area (Å²) in [5.41, 5.74) is 1.01. The van der Waals surface area contributed by atoms with E-state index in [1.807, 2.05) is 6.92 Å². The van der Waals surface area contributed by atoms with Gasteiger partial charge in [0.05, 0.1) is 0 Å². The number of piperidine rings is 1. The Balaban J connectivity index is 1.69. The van der Waals surface area contributed by atoms with Crippen molar-refractivity contribution in [2.45, 2.75) is 38.6 Å². The van der Waals surface area contributed by atoms with E-state index in [2.05, 4.69) is 15.6 Å². The number of carbonyl (C=O) groups is 2. The molecule has 1 atom stereocenters. The Kier molecular flexibility index (Phi) is 6.39. The van der Waals surface area contributed by atoms with Crippen molar-refractivity contribution in [3.05, 3.63) is 41.2 Å². The zero-order valence-corrected chi connectivity index (χ0v) is 16.0. The Morgan fingerprint density at radius 2 is 2.07 bits per heavy atom. The fourth-order valence-corrected chi connectivity index (χ4v) is 3.75. The van der Waals surface area contributed by atoms with Crippen molar-refractivity contribution >= 4 is 34.0 Å². The van der Waals surface area contributed by atoms with E-state index in [1.54, 1.807) is 22.4 Å². The molecule has 144 valence electrons. The van der Waals surface area contributed by atoms with Crippen molar-refractivity contribution in [3.8, 4) is 0 Å². The van der Waals surface area contributed by atoms with E-state index in [9.17, 15) is 14.0 Å². The molecule has 1 fully saturated rings. The third-order valence-electron chi connectivity index (χ3n) is 4.43. The van der Waals surface area contributed by atoms with Gasteiger partial charge in [-0.3, -0.25) is 9.59 Å². The number of aromatic nitrogens is 1. The number of carbonyl (C=O) groups excluding carboxylic acids is 2. The average molecular weight is 390 g/mol. The molecule has 2 aromatic rings. The topological polar surface area (TPSA) is 74.3 Å². The molecule has 0 bridgehead atoms. The summed E-state index contributed by atoms with van der Waals surface area (Å²) >= 11 is 1.30. The molecular weight excluding hydrogens is 367 g/mol. The average Bonchev–Trinajstić information content (AvgIpc) is 3.16. The van der Waals surface area contributed by atoms with Crippen molar-refractivity contribution in [3.63, 3.8) is 0 Å². The Hall–Kier alpha value is -2.48. The Bertz CT molecular complexity index is 793. The molecule has 1 aromatic carbocycles. The standard InChI is InChI=1S/C19H23FN4O2S/c1-2-10-21-17(25)16-5-3-4-11-24(16)18(26)15-12-27-19(23-15)22-14-8-6-13(20)7-9-14/h6-9,12,16H,2-5,10-11H2,1H3,(H,21,25)(H,22,23). The lowest BCUT2D eigenvalue weighted by atomic mass is 10.0. The van der Waals surface area contributed by atoms with Gasteiger partial charge in [0, 0.05) is 24.2 Å². The van der Waals surface area contributed by atoms with Crippen LogP contribution in [-0.4, -0.2) is 40.8 Å². The van der Waals surface area contributed by atoms with Crippen LogP contribution < -0.4 is 10.6 Å². The Labute approximate surface area is 161 Å². The molecule has 2 heterocycles. The Morgan fingerprint density at radius 1 is 1.30 bits per heavy atom.